The molecule has 0 saturated heterocycles. The molecule has 15 rings (SSSR count). The highest BCUT2D eigenvalue weighted by atomic mass is 16.3. The maximum Gasteiger partial charge on any atom is 0.143 e. The van der Waals surface area contributed by atoms with Gasteiger partial charge < -0.3 is 13.9 Å². The van der Waals surface area contributed by atoms with Crippen LogP contribution in [0.1, 0.15) is 22.3 Å². The minimum absolute atomic E-state index is 0.544. The minimum atomic E-state index is -0.544. The Hall–Kier alpha value is -9.70. The number of anilines is 3. The summed E-state index contributed by atoms with van der Waals surface area (Å²) in [7, 11) is 0. The van der Waals surface area contributed by atoms with Crippen molar-refractivity contribution < 1.29 is 4.42 Å². The Morgan fingerprint density at radius 2 is 0.905 bits per heavy atom. The fourth-order valence-electron chi connectivity index (χ4n) is 12.4. The van der Waals surface area contributed by atoms with Crippen LogP contribution >= 0.6 is 0 Å². The third-order valence-electron chi connectivity index (χ3n) is 15.6. The third-order valence-corrected chi connectivity index (χ3v) is 15.6. The summed E-state index contributed by atoms with van der Waals surface area (Å²) in [4.78, 5) is 2.43. The van der Waals surface area contributed by atoms with Crippen LogP contribution in [0.15, 0.2) is 283 Å². The summed E-state index contributed by atoms with van der Waals surface area (Å²) >= 11 is 0. The summed E-state index contributed by atoms with van der Waals surface area (Å²) < 4.78 is 8.96. The number of benzene rings is 12. The predicted octanol–water partition coefficient (Wildman–Crippen LogP) is 19.0. The quantitative estimate of drug-likeness (QED) is 0.151. The van der Waals surface area contributed by atoms with Gasteiger partial charge in [0.1, 0.15) is 11.2 Å². The fourth-order valence-corrected chi connectivity index (χ4v) is 12.4. The van der Waals surface area contributed by atoms with E-state index in [1.54, 1.807) is 0 Å². The van der Waals surface area contributed by atoms with Crippen LogP contribution in [0.5, 0.6) is 0 Å². The van der Waals surface area contributed by atoms with E-state index in [0.717, 1.165) is 72.3 Å². The monoisotopic (exact) mass is 942 g/mol. The number of fused-ring (bicyclic) bond motifs is 11. The molecule has 3 nitrogen and oxygen atoms in total. The third kappa shape index (κ3) is 6.40. The maximum atomic E-state index is 6.57. The molecule has 0 aliphatic heterocycles. The highest BCUT2D eigenvalue weighted by molar-refractivity contribution is 6.15. The van der Waals surface area contributed by atoms with E-state index in [1.807, 2.05) is 0 Å². The van der Waals surface area contributed by atoms with Gasteiger partial charge >= 0.3 is 0 Å². The Bertz CT molecular complexity index is 4390. The lowest BCUT2D eigenvalue weighted by molar-refractivity contribution is 0.672. The molecule has 2 heterocycles. The second kappa shape index (κ2) is 16.7. The number of nitrogens with zero attached hydrogens (tertiary/aromatic N) is 2. The zero-order valence-electron chi connectivity index (χ0n) is 40.4. The second-order valence-electron chi connectivity index (χ2n) is 19.6. The van der Waals surface area contributed by atoms with Crippen molar-refractivity contribution in [2.45, 2.75) is 5.41 Å². The lowest BCUT2D eigenvalue weighted by Gasteiger charge is -2.35. The van der Waals surface area contributed by atoms with Crippen LogP contribution < -0.4 is 4.90 Å². The van der Waals surface area contributed by atoms with Crippen molar-refractivity contribution in [3.8, 4) is 39.1 Å². The van der Waals surface area contributed by atoms with Crippen molar-refractivity contribution in [3.63, 3.8) is 0 Å². The normalized spacial score (nSPS) is 12.7. The molecule has 0 radical (unpaired) electrons. The van der Waals surface area contributed by atoms with E-state index in [4.69, 9.17) is 4.42 Å². The average molecular weight is 943 g/mol. The van der Waals surface area contributed by atoms with Crippen LogP contribution in [0.25, 0.3) is 93.6 Å². The lowest BCUT2D eigenvalue weighted by atomic mass is 9.67. The van der Waals surface area contributed by atoms with Crippen LogP contribution in [-0.4, -0.2) is 4.57 Å². The zero-order chi connectivity index (χ0) is 48.7. The molecule has 74 heavy (non-hydrogen) atoms. The fraction of sp³-hybridized carbons (Fsp3) is 0.0141. The smallest absolute Gasteiger partial charge is 0.143 e. The molecule has 0 bridgehead atoms. The summed E-state index contributed by atoms with van der Waals surface area (Å²) in [6.45, 7) is 0. The first-order chi connectivity index (χ1) is 36.7. The minimum Gasteiger partial charge on any atom is -0.455 e. The van der Waals surface area contributed by atoms with Crippen molar-refractivity contribution in [3.05, 3.63) is 301 Å². The van der Waals surface area contributed by atoms with Crippen molar-refractivity contribution in [2.75, 3.05) is 4.90 Å². The summed E-state index contributed by atoms with van der Waals surface area (Å²) in [6.07, 6.45) is 0. The molecule has 1 aliphatic carbocycles. The first kappa shape index (κ1) is 42.0. The molecule has 0 N–H and O–H groups in total. The van der Waals surface area contributed by atoms with Crippen molar-refractivity contribution in [2.24, 2.45) is 0 Å². The van der Waals surface area contributed by atoms with Gasteiger partial charge in [0.15, 0.2) is 0 Å². The van der Waals surface area contributed by atoms with E-state index in [1.165, 1.54) is 60.6 Å². The van der Waals surface area contributed by atoms with Crippen LogP contribution in [-0.2, 0) is 5.41 Å². The molecule has 346 valence electrons. The Balaban J connectivity index is 0.896. The highest BCUT2D eigenvalue weighted by Gasteiger charge is 2.46. The van der Waals surface area contributed by atoms with Gasteiger partial charge in [-0.25, -0.2) is 0 Å². The average Bonchev–Trinajstić information content (AvgIpc) is 4.16. The standard InChI is InChI=1S/C71H46N2O/c1-3-20-52(21-4-1)71(53-22-5-2-6-23-53)65-30-12-9-27-59(65)60-41-39-57(46-66(60)71)72(55-24-16-19-50(44-55)51-36-42-69-64(45-51)63-40-35-48-17-7-8-26-58(48)70(63)74-69)54-37-33-47(34-38-54)49-18-15-25-56(43-49)73-67-31-13-10-28-61(67)62-29-11-14-32-68(62)73/h1-46H. The zero-order valence-corrected chi connectivity index (χ0v) is 40.4. The highest BCUT2D eigenvalue weighted by Crippen LogP contribution is 2.57. The van der Waals surface area contributed by atoms with Gasteiger partial charge in [0.25, 0.3) is 0 Å². The van der Waals surface area contributed by atoms with Crippen molar-refractivity contribution in [1.82, 2.24) is 4.57 Å². The van der Waals surface area contributed by atoms with Gasteiger partial charge in [0.05, 0.1) is 16.4 Å². The van der Waals surface area contributed by atoms with Crippen LogP contribution in [0.3, 0.4) is 0 Å². The summed E-state index contributed by atoms with van der Waals surface area (Å²) in [5.74, 6) is 0. The number of rotatable bonds is 8. The van der Waals surface area contributed by atoms with E-state index in [0.29, 0.717) is 0 Å². The lowest BCUT2D eigenvalue weighted by Crippen LogP contribution is -2.28. The second-order valence-corrected chi connectivity index (χ2v) is 19.6. The molecular formula is C71H46N2O. The molecule has 0 amide bonds. The number of hydrogen-bond donors (Lipinski definition) is 0. The topological polar surface area (TPSA) is 21.3 Å². The van der Waals surface area contributed by atoms with E-state index in [-0.39, 0.29) is 0 Å². The van der Waals surface area contributed by atoms with Gasteiger partial charge in [-0.05, 0) is 140 Å². The van der Waals surface area contributed by atoms with Crippen LogP contribution in [0, 0.1) is 0 Å². The molecule has 1 aliphatic rings. The molecule has 0 spiro atoms. The van der Waals surface area contributed by atoms with Gasteiger partial charge in [-0.3, -0.25) is 0 Å². The summed E-state index contributed by atoms with van der Waals surface area (Å²) in [6, 6.07) is 102. The van der Waals surface area contributed by atoms with Gasteiger partial charge in [0, 0.05) is 49.7 Å². The number of furan rings is 1. The molecule has 12 aromatic carbocycles. The summed E-state index contributed by atoms with van der Waals surface area (Å²) in [5, 5.41) is 7.05. The first-order valence-corrected chi connectivity index (χ1v) is 25.5. The SMILES string of the molecule is c1ccc(C2(c3ccccc3)c3ccccc3-c3ccc(N(c4ccc(-c5cccc(-n6c7ccccc7c7ccccc76)c5)cc4)c4cccc(-c5ccc6oc7c8ccccc8ccc7c6c5)c4)cc32)cc1. The molecular weight excluding hydrogens is 897 g/mol. The van der Waals surface area contributed by atoms with E-state index < -0.39 is 5.41 Å². The molecule has 0 atom stereocenters. The van der Waals surface area contributed by atoms with Crippen molar-refractivity contribution in [1.29, 1.82) is 0 Å². The number of aromatic nitrogens is 1. The van der Waals surface area contributed by atoms with Gasteiger partial charge in [0.2, 0.25) is 0 Å². The Kier molecular flexibility index (Phi) is 9.48. The Labute approximate surface area is 429 Å². The molecule has 14 aromatic rings. The van der Waals surface area contributed by atoms with E-state index in [2.05, 4.69) is 289 Å². The predicted molar refractivity (Wildman–Crippen MR) is 308 cm³/mol. The van der Waals surface area contributed by atoms with Crippen LogP contribution in [0.2, 0.25) is 0 Å². The van der Waals surface area contributed by atoms with Gasteiger partial charge in [-0.1, -0.05) is 200 Å². The largest absolute Gasteiger partial charge is 0.455 e. The molecule has 2 aromatic heterocycles. The summed E-state index contributed by atoms with van der Waals surface area (Å²) in [5.41, 5.74) is 20.1. The van der Waals surface area contributed by atoms with Crippen molar-refractivity contribution >= 4 is 71.6 Å². The van der Waals surface area contributed by atoms with Gasteiger partial charge in [-0.2, -0.15) is 0 Å². The van der Waals surface area contributed by atoms with Gasteiger partial charge in [-0.15, -0.1) is 0 Å². The number of para-hydroxylation sites is 2. The van der Waals surface area contributed by atoms with E-state index >= 15 is 0 Å². The molecule has 0 saturated carbocycles. The molecule has 0 fully saturated rings. The Morgan fingerprint density at radius 1 is 0.324 bits per heavy atom. The molecule has 0 unspecified atom stereocenters. The number of hydrogen-bond acceptors (Lipinski definition) is 2. The van der Waals surface area contributed by atoms with Crippen LogP contribution in [0.4, 0.5) is 17.1 Å². The molecule has 3 heteroatoms. The van der Waals surface area contributed by atoms with E-state index in [9.17, 15) is 0 Å². The maximum absolute atomic E-state index is 6.57. The Morgan fingerprint density at radius 3 is 1.66 bits per heavy atom. The first-order valence-electron chi connectivity index (χ1n) is 25.5.